The molecule has 2 rings (SSSR count). The highest BCUT2D eigenvalue weighted by Crippen LogP contribution is 2.12. The van der Waals surface area contributed by atoms with Gasteiger partial charge in [-0.3, -0.25) is 4.90 Å². The summed E-state index contributed by atoms with van der Waals surface area (Å²) in [6.45, 7) is 3.09. The highest BCUT2D eigenvalue weighted by atomic mass is 16.5. The number of nitrogens with two attached hydrogens (primary N) is 1. The predicted molar refractivity (Wildman–Crippen MR) is 79.5 cm³/mol. The Morgan fingerprint density at radius 1 is 1.20 bits per heavy atom. The summed E-state index contributed by atoms with van der Waals surface area (Å²) in [5.41, 5.74) is 6.68. The van der Waals surface area contributed by atoms with E-state index in [9.17, 15) is 0 Å². The van der Waals surface area contributed by atoms with Gasteiger partial charge >= 0.3 is 0 Å². The van der Waals surface area contributed by atoms with E-state index < -0.39 is 0 Å². The van der Waals surface area contributed by atoms with Crippen molar-refractivity contribution in [3.8, 4) is 5.75 Å². The lowest BCUT2D eigenvalue weighted by Crippen LogP contribution is -2.20. The van der Waals surface area contributed by atoms with Crippen LogP contribution in [0.15, 0.2) is 47.1 Å². The summed E-state index contributed by atoms with van der Waals surface area (Å²) >= 11 is 0. The molecule has 2 N–H and O–H groups in total. The van der Waals surface area contributed by atoms with Crippen LogP contribution in [0, 0.1) is 0 Å². The molecule has 0 saturated carbocycles. The summed E-state index contributed by atoms with van der Waals surface area (Å²) in [5.74, 6) is 1.89. The highest BCUT2D eigenvalue weighted by Gasteiger charge is 2.02. The Labute approximate surface area is 120 Å². The van der Waals surface area contributed by atoms with Crippen LogP contribution in [0.25, 0.3) is 0 Å². The fraction of sp³-hybridized carbons (Fsp3) is 0.375. The van der Waals surface area contributed by atoms with Crippen LogP contribution in [0.3, 0.4) is 0 Å². The molecule has 0 saturated heterocycles. The van der Waals surface area contributed by atoms with E-state index in [1.165, 1.54) is 0 Å². The van der Waals surface area contributed by atoms with Gasteiger partial charge in [-0.05, 0) is 43.3 Å². The summed E-state index contributed by atoms with van der Waals surface area (Å²) in [5, 5.41) is 0. The first-order chi connectivity index (χ1) is 9.78. The molecule has 1 aromatic heterocycles. The van der Waals surface area contributed by atoms with Gasteiger partial charge < -0.3 is 14.9 Å². The maximum atomic E-state index is 5.70. The first kappa shape index (κ1) is 14.6. The molecule has 0 amide bonds. The average molecular weight is 274 g/mol. The minimum absolute atomic E-state index is 0.567. The summed E-state index contributed by atoms with van der Waals surface area (Å²) < 4.78 is 11.0. The molecule has 4 nitrogen and oxygen atoms in total. The van der Waals surface area contributed by atoms with E-state index >= 15 is 0 Å². The van der Waals surface area contributed by atoms with Crippen LogP contribution in [0.5, 0.6) is 5.75 Å². The topological polar surface area (TPSA) is 51.6 Å². The van der Waals surface area contributed by atoms with Gasteiger partial charge in [0, 0.05) is 13.1 Å². The molecule has 1 aromatic carbocycles. The zero-order valence-electron chi connectivity index (χ0n) is 11.9. The van der Waals surface area contributed by atoms with Crippen LogP contribution >= 0.6 is 0 Å². The molecule has 108 valence electrons. The van der Waals surface area contributed by atoms with Crippen molar-refractivity contribution in [2.75, 3.05) is 20.2 Å². The fourth-order valence-electron chi connectivity index (χ4n) is 1.99. The second-order valence-corrected chi connectivity index (χ2v) is 4.87. The van der Waals surface area contributed by atoms with Crippen molar-refractivity contribution in [2.24, 2.45) is 5.73 Å². The van der Waals surface area contributed by atoms with E-state index in [0.717, 1.165) is 36.6 Å². The van der Waals surface area contributed by atoms with Gasteiger partial charge in [0.15, 0.2) is 0 Å². The zero-order valence-corrected chi connectivity index (χ0v) is 11.9. The summed E-state index contributed by atoms with van der Waals surface area (Å²) in [4.78, 5) is 2.22. The first-order valence-corrected chi connectivity index (χ1v) is 6.90. The fourth-order valence-corrected chi connectivity index (χ4v) is 1.99. The quantitative estimate of drug-likeness (QED) is 0.752. The van der Waals surface area contributed by atoms with Crippen LogP contribution in [-0.4, -0.2) is 25.1 Å². The van der Waals surface area contributed by atoms with Gasteiger partial charge in [-0.2, -0.15) is 0 Å². The normalized spacial score (nSPS) is 10.9. The Morgan fingerprint density at radius 3 is 2.65 bits per heavy atom. The number of hydrogen-bond acceptors (Lipinski definition) is 4. The van der Waals surface area contributed by atoms with E-state index in [1.54, 1.807) is 6.26 Å². The lowest BCUT2D eigenvalue weighted by atomic mass is 10.2. The molecule has 0 atom stereocenters. The van der Waals surface area contributed by atoms with Crippen LogP contribution in [0.1, 0.15) is 17.7 Å². The summed E-state index contributed by atoms with van der Waals surface area (Å²) in [6.07, 6.45) is 2.69. The lowest BCUT2D eigenvalue weighted by molar-refractivity contribution is 0.247. The molecule has 0 aliphatic heterocycles. The number of furan rings is 1. The van der Waals surface area contributed by atoms with E-state index in [1.807, 2.05) is 36.4 Å². The summed E-state index contributed by atoms with van der Waals surface area (Å²) in [6, 6.07) is 11.8. The summed E-state index contributed by atoms with van der Waals surface area (Å²) in [7, 11) is 2.08. The van der Waals surface area contributed by atoms with Gasteiger partial charge in [-0.15, -0.1) is 0 Å². The maximum absolute atomic E-state index is 5.70. The van der Waals surface area contributed by atoms with Crippen LogP contribution in [-0.2, 0) is 13.1 Å². The minimum atomic E-state index is 0.567. The molecule has 0 fully saturated rings. The number of ether oxygens (including phenoxy) is 1. The van der Waals surface area contributed by atoms with Crippen molar-refractivity contribution < 1.29 is 9.15 Å². The van der Waals surface area contributed by atoms with Gasteiger partial charge in [0.05, 0.1) is 19.4 Å². The van der Waals surface area contributed by atoms with Gasteiger partial charge in [0.1, 0.15) is 11.5 Å². The molecule has 0 spiro atoms. The standard InChI is InChI=1S/C16H22N2O2/c1-18(13-16-4-2-10-20-16)9-3-11-19-15-7-5-14(12-17)6-8-15/h2,4-8,10H,3,9,11-13,17H2,1H3. The monoisotopic (exact) mass is 274 g/mol. The molecular weight excluding hydrogens is 252 g/mol. The smallest absolute Gasteiger partial charge is 0.119 e. The Kier molecular flexibility index (Phi) is 5.65. The molecule has 2 aromatic rings. The molecule has 1 heterocycles. The predicted octanol–water partition coefficient (Wildman–Crippen LogP) is 2.64. The third-order valence-electron chi connectivity index (χ3n) is 3.12. The van der Waals surface area contributed by atoms with Crippen molar-refractivity contribution in [3.63, 3.8) is 0 Å². The molecule has 20 heavy (non-hydrogen) atoms. The molecule has 0 bridgehead atoms. The van der Waals surface area contributed by atoms with Gasteiger partial charge in [-0.25, -0.2) is 0 Å². The number of hydrogen-bond donors (Lipinski definition) is 1. The van der Waals surface area contributed by atoms with Crippen LogP contribution < -0.4 is 10.5 Å². The Hall–Kier alpha value is -1.78. The second-order valence-electron chi connectivity index (χ2n) is 4.87. The van der Waals surface area contributed by atoms with Crippen molar-refractivity contribution in [3.05, 3.63) is 54.0 Å². The third-order valence-corrected chi connectivity index (χ3v) is 3.12. The van der Waals surface area contributed by atoms with Gasteiger partial charge in [0.2, 0.25) is 0 Å². The zero-order chi connectivity index (χ0) is 14.2. The van der Waals surface area contributed by atoms with E-state index in [4.69, 9.17) is 14.9 Å². The average Bonchev–Trinajstić information content (AvgIpc) is 2.97. The van der Waals surface area contributed by atoms with E-state index in [2.05, 4.69) is 11.9 Å². The molecule has 0 aliphatic carbocycles. The number of benzene rings is 1. The Balaban J connectivity index is 1.63. The Bertz CT molecular complexity index is 480. The van der Waals surface area contributed by atoms with Crippen molar-refractivity contribution in [2.45, 2.75) is 19.5 Å². The molecule has 0 radical (unpaired) electrons. The first-order valence-electron chi connectivity index (χ1n) is 6.90. The Morgan fingerprint density at radius 2 is 2.00 bits per heavy atom. The SMILES string of the molecule is CN(CCCOc1ccc(CN)cc1)Cc1ccco1. The molecule has 0 unspecified atom stereocenters. The van der Waals surface area contributed by atoms with E-state index in [-0.39, 0.29) is 0 Å². The largest absolute Gasteiger partial charge is 0.494 e. The van der Waals surface area contributed by atoms with Crippen molar-refractivity contribution >= 4 is 0 Å². The third kappa shape index (κ3) is 4.72. The molecular formula is C16H22N2O2. The van der Waals surface area contributed by atoms with Crippen molar-refractivity contribution in [1.82, 2.24) is 4.90 Å². The van der Waals surface area contributed by atoms with Crippen LogP contribution in [0.4, 0.5) is 0 Å². The van der Waals surface area contributed by atoms with Crippen molar-refractivity contribution in [1.29, 1.82) is 0 Å². The number of rotatable bonds is 8. The van der Waals surface area contributed by atoms with E-state index in [0.29, 0.717) is 13.2 Å². The molecule has 0 aliphatic rings. The maximum Gasteiger partial charge on any atom is 0.119 e. The van der Waals surface area contributed by atoms with Crippen LogP contribution in [0.2, 0.25) is 0 Å². The van der Waals surface area contributed by atoms with Gasteiger partial charge in [0.25, 0.3) is 0 Å². The number of nitrogens with zero attached hydrogens (tertiary/aromatic N) is 1. The minimum Gasteiger partial charge on any atom is -0.494 e. The lowest BCUT2D eigenvalue weighted by Gasteiger charge is -2.15. The highest BCUT2D eigenvalue weighted by molar-refractivity contribution is 5.26. The second kappa shape index (κ2) is 7.72. The molecule has 4 heteroatoms. The van der Waals surface area contributed by atoms with Gasteiger partial charge in [-0.1, -0.05) is 12.1 Å².